The van der Waals surface area contributed by atoms with Crippen molar-refractivity contribution < 1.29 is 13.7 Å². The molecule has 1 aliphatic heterocycles. The Morgan fingerprint density at radius 2 is 2.23 bits per heavy atom. The van der Waals surface area contributed by atoms with E-state index in [-0.39, 0.29) is 5.91 Å². The van der Waals surface area contributed by atoms with Gasteiger partial charge in [-0.25, -0.2) is 0 Å². The van der Waals surface area contributed by atoms with E-state index in [2.05, 4.69) is 10.1 Å². The molecule has 1 aliphatic rings. The van der Waals surface area contributed by atoms with Gasteiger partial charge in [0.15, 0.2) is 5.76 Å². The highest BCUT2D eigenvalue weighted by atomic mass is 16.5. The molecule has 0 N–H and O–H groups in total. The van der Waals surface area contributed by atoms with Crippen molar-refractivity contribution in [1.82, 2.24) is 10.1 Å². The maximum atomic E-state index is 12.4. The van der Waals surface area contributed by atoms with Gasteiger partial charge in [0.2, 0.25) is 11.7 Å². The van der Waals surface area contributed by atoms with E-state index in [0.717, 1.165) is 23.2 Å². The Labute approximate surface area is 126 Å². The number of fused-ring (bicyclic) bond motifs is 1. The van der Waals surface area contributed by atoms with E-state index in [1.807, 2.05) is 18.2 Å². The van der Waals surface area contributed by atoms with E-state index in [4.69, 9.17) is 8.94 Å². The number of carbonyl (C=O) groups is 1. The fraction of sp³-hybridized carbons (Fsp3) is 0.188. The maximum Gasteiger partial charge on any atom is 0.293 e. The summed E-state index contributed by atoms with van der Waals surface area (Å²) in [6, 6.07) is 9.22. The maximum absolute atomic E-state index is 12.4. The number of amides is 1. The van der Waals surface area contributed by atoms with Crippen LogP contribution in [0.2, 0.25) is 0 Å². The standard InChI is InChI=1S/C16H13N3O3/c1-10-17-15(18-22-10)12-4-5-13-11(9-12)6-7-19(13)16(20)14-3-2-8-21-14/h2-5,8-9H,6-7H2,1H3. The number of nitrogens with zero attached hydrogens (tertiary/aromatic N) is 3. The summed E-state index contributed by atoms with van der Waals surface area (Å²) in [5.74, 6) is 1.33. The molecule has 3 heterocycles. The van der Waals surface area contributed by atoms with Gasteiger partial charge in [-0.2, -0.15) is 4.98 Å². The fourth-order valence-corrected chi connectivity index (χ4v) is 2.70. The largest absolute Gasteiger partial charge is 0.459 e. The summed E-state index contributed by atoms with van der Waals surface area (Å²) in [6.45, 7) is 2.40. The van der Waals surface area contributed by atoms with Gasteiger partial charge >= 0.3 is 0 Å². The van der Waals surface area contributed by atoms with Gasteiger partial charge in [-0.1, -0.05) is 5.16 Å². The summed E-state index contributed by atoms with van der Waals surface area (Å²) in [6.07, 6.45) is 2.30. The summed E-state index contributed by atoms with van der Waals surface area (Å²) >= 11 is 0. The second-order valence-electron chi connectivity index (χ2n) is 5.16. The molecule has 0 fully saturated rings. The van der Waals surface area contributed by atoms with Crippen LogP contribution in [0.25, 0.3) is 11.4 Å². The number of aromatic nitrogens is 2. The molecule has 0 bridgehead atoms. The number of rotatable bonds is 2. The van der Waals surface area contributed by atoms with Crippen LogP contribution in [0.1, 0.15) is 22.0 Å². The first-order chi connectivity index (χ1) is 10.7. The van der Waals surface area contributed by atoms with Gasteiger partial charge in [-0.05, 0) is 42.3 Å². The van der Waals surface area contributed by atoms with Crippen LogP contribution in [-0.2, 0) is 6.42 Å². The van der Waals surface area contributed by atoms with Gasteiger partial charge in [-0.15, -0.1) is 0 Å². The highest BCUT2D eigenvalue weighted by Gasteiger charge is 2.27. The lowest BCUT2D eigenvalue weighted by Gasteiger charge is -2.15. The van der Waals surface area contributed by atoms with Crippen molar-refractivity contribution in [2.45, 2.75) is 13.3 Å². The third kappa shape index (κ3) is 2.00. The van der Waals surface area contributed by atoms with E-state index >= 15 is 0 Å². The molecule has 0 radical (unpaired) electrons. The van der Waals surface area contributed by atoms with Crippen LogP contribution < -0.4 is 4.90 Å². The number of hydrogen-bond donors (Lipinski definition) is 0. The number of aryl methyl sites for hydroxylation is 1. The average Bonchev–Trinajstić information content (AvgIpc) is 3.26. The van der Waals surface area contributed by atoms with E-state index in [1.165, 1.54) is 6.26 Å². The normalized spacial score (nSPS) is 13.4. The lowest BCUT2D eigenvalue weighted by Crippen LogP contribution is -2.28. The van der Waals surface area contributed by atoms with Gasteiger partial charge in [0, 0.05) is 24.7 Å². The molecule has 0 spiro atoms. The summed E-state index contributed by atoms with van der Waals surface area (Å²) < 4.78 is 10.2. The van der Waals surface area contributed by atoms with E-state index in [0.29, 0.717) is 24.0 Å². The molecule has 22 heavy (non-hydrogen) atoms. The molecule has 1 aromatic carbocycles. The zero-order chi connectivity index (χ0) is 15.1. The van der Waals surface area contributed by atoms with Crippen LogP contribution in [0, 0.1) is 6.92 Å². The van der Waals surface area contributed by atoms with Gasteiger partial charge in [0.05, 0.1) is 6.26 Å². The van der Waals surface area contributed by atoms with Crippen LogP contribution in [0.4, 0.5) is 5.69 Å². The Bertz CT molecular complexity index is 836. The predicted molar refractivity (Wildman–Crippen MR) is 78.6 cm³/mol. The second kappa shape index (κ2) is 4.84. The van der Waals surface area contributed by atoms with Crippen molar-refractivity contribution in [3.05, 3.63) is 53.8 Å². The SMILES string of the molecule is Cc1nc(-c2ccc3c(c2)CCN3C(=O)c2ccco2)no1. The molecular weight excluding hydrogens is 282 g/mol. The minimum absolute atomic E-state index is 0.119. The summed E-state index contributed by atoms with van der Waals surface area (Å²) in [5, 5.41) is 3.92. The van der Waals surface area contributed by atoms with Gasteiger partial charge < -0.3 is 13.8 Å². The van der Waals surface area contributed by atoms with Crippen LogP contribution in [0.3, 0.4) is 0 Å². The lowest BCUT2D eigenvalue weighted by atomic mass is 10.1. The van der Waals surface area contributed by atoms with Crippen molar-refractivity contribution in [2.75, 3.05) is 11.4 Å². The average molecular weight is 295 g/mol. The molecule has 1 amide bonds. The fourth-order valence-electron chi connectivity index (χ4n) is 2.70. The van der Waals surface area contributed by atoms with E-state index < -0.39 is 0 Å². The van der Waals surface area contributed by atoms with Gasteiger partial charge in [0.25, 0.3) is 5.91 Å². The first-order valence-electron chi connectivity index (χ1n) is 7.01. The van der Waals surface area contributed by atoms with Crippen molar-refractivity contribution in [3.63, 3.8) is 0 Å². The van der Waals surface area contributed by atoms with E-state index in [1.54, 1.807) is 24.0 Å². The topological polar surface area (TPSA) is 72.4 Å². The lowest BCUT2D eigenvalue weighted by molar-refractivity contribution is 0.0963. The third-order valence-electron chi connectivity index (χ3n) is 3.74. The molecule has 0 saturated heterocycles. The number of furan rings is 1. The Morgan fingerprint density at radius 1 is 1.32 bits per heavy atom. The number of benzene rings is 1. The molecule has 110 valence electrons. The molecule has 3 aromatic rings. The monoisotopic (exact) mass is 295 g/mol. The van der Waals surface area contributed by atoms with Crippen LogP contribution >= 0.6 is 0 Å². The Morgan fingerprint density at radius 3 is 2.95 bits per heavy atom. The highest BCUT2D eigenvalue weighted by molar-refractivity contribution is 6.05. The quantitative estimate of drug-likeness (QED) is 0.727. The number of carbonyl (C=O) groups excluding carboxylic acids is 1. The molecule has 0 unspecified atom stereocenters. The highest BCUT2D eigenvalue weighted by Crippen LogP contribution is 2.32. The molecule has 6 heteroatoms. The van der Waals surface area contributed by atoms with E-state index in [9.17, 15) is 4.79 Å². The minimum Gasteiger partial charge on any atom is -0.459 e. The molecule has 0 atom stereocenters. The Kier molecular flexibility index (Phi) is 2.82. The number of hydrogen-bond acceptors (Lipinski definition) is 5. The minimum atomic E-state index is -0.119. The first kappa shape index (κ1) is 12.8. The molecule has 6 nitrogen and oxygen atoms in total. The smallest absolute Gasteiger partial charge is 0.293 e. The van der Waals surface area contributed by atoms with Crippen molar-refractivity contribution >= 4 is 11.6 Å². The first-order valence-corrected chi connectivity index (χ1v) is 7.01. The molecule has 0 saturated carbocycles. The zero-order valence-corrected chi connectivity index (χ0v) is 11.9. The van der Waals surface area contributed by atoms with Crippen LogP contribution in [0.15, 0.2) is 45.5 Å². The molecular formula is C16H13N3O3. The van der Waals surface area contributed by atoms with Crippen molar-refractivity contribution in [1.29, 1.82) is 0 Å². The summed E-state index contributed by atoms with van der Waals surface area (Å²) in [5.41, 5.74) is 2.90. The third-order valence-corrected chi connectivity index (χ3v) is 3.74. The van der Waals surface area contributed by atoms with Gasteiger partial charge in [0.1, 0.15) is 0 Å². The molecule has 2 aromatic heterocycles. The predicted octanol–water partition coefficient (Wildman–Crippen LogP) is 2.84. The Balaban J connectivity index is 1.67. The molecule has 0 aliphatic carbocycles. The molecule has 4 rings (SSSR count). The van der Waals surface area contributed by atoms with Crippen LogP contribution in [-0.4, -0.2) is 22.6 Å². The number of anilines is 1. The van der Waals surface area contributed by atoms with Gasteiger partial charge in [-0.3, -0.25) is 4.79 Å². The zero-order valence-electron chi connectivity index (χ0n) is 11.9. The summed E-state index contributed by atoms with van der Waals surface area (Å²) in [7, 11) is 0. The van der Waals surface area contributed by atoms with Crippen LogP contribution in [0.5, 0.6) is 0 Å². The second-order valence-corrected chi connectivity index (χ2v) is 5.16. The summed E-state index contributed by atoms with van der Waals surface area (Å²) in [4.78, 5) is 18.4. The van der Waals surface area contributed by atoms with Crippen molar-refractivity contribution in [3.8, 4) is 11.4 Å². The van der Waals surface area contributed by atoms with Crippen molar-refractivity contribution in [2.24, 2.45) is 0 Å². The Hall–Kier alpha value is -2.89.